The van der Waals surface area contributed by atoms with Gasteiger partial charge in [-0.15, -0.1) is 0 Å². The number of carbonyl (C=O) groups is 1. The second-order valence-corrected chi connectivity index (χ2v) is 25.3. The smallest absolute Gasteiger partial charge is 0.335 e. The molecular formula is C78H92O13. The van der Waals surface area contributed by atoms with Gasteiger partial charge in [-0.2, -0.15) is 0 Å². The van der Waals surface area contributed by atoms with Crippen LogP contribution in [0.1, 0.15) is 111 Å². The monoisotopic (exact) mass is 1240 g/mol. The van der Waals surface area contributed by atoms with E-state index >= 15 is 4.79 Å². The van der Waals surface area contributed by atoms with E-state index in [-0.39, 0.29) is 50.8 Å². The number of rotatable bonds is 30. The van der Waals surface area contributed by atoms with Crippen LogP contribution >= 0.6 is 0 Å². The summed E-state index contributed by atoms with van der Waals surface area (Å²) >= 11 is 0. The Morgan fingerprint density at radius 3 is 1.31 bits per heavy atom. The summed E-state index contributed by atoms with van der Waals surface area (Å²) in [6.45, 7) is 8.39. The predicted octanol–water partition coefficient (Wildman–Crippen LogP) is 14.9. The Kier molecular flexibility index (Phi) is 25.0. The van der Waals surface area contributed by atoms with Gasteiger partial charge in [0.15, 0.2) is 18.7 Å². The molecule has 7 aromatic rings. The zero-order valence-corrected chi connectivity index (χ0v) is 53.1. The third-order valence-electron chi connectivity index (χ3n) is 18.2. The molecule has 13 heteroatoms. The molecule has 0 N–H and O–H groups in total. The number of hydrogen-bond donors (Lipinski definition) is 0. The van der Waals surface area contributed by atoms with Crippen LogP contribution in [-0.4, -0.2) is 92.3 Å². The summed E-state index contributed by atoms with van der Waals surface area (Å²) in [5, 5.41) is 0. The average Bonchev–Trinajstić information content (AvgIpc) is 1.58. The molecule has 0 amide bonds. The zero-order valence-electron chi connectivity index (χ0n) is 53.1. The Morgan fingerprint density at radius 1 is 0.418 bits per heavy atom. The van der Waals surface area contributed by atoms with Crippen LogP contribution in [0.15, 0.2) is 212 Å². The minimum absolute atomic E-state index is 0.0243. The quantitative estimate of drug-likeness (QED) is 0.0397. The first kappa shape index (κ1) is 66.0. The lowest BCUT2D eigenvalue weighted by Gasteiger charge is -2.50. The fourth-order valence-corrected chi connectivity index (χ4v) is 13.4. The maximum Gasteiger partial charge on any atom is 0.335 e. The van der Waals surface area contributed by atoms with Crippen LogP contribution in [0.4, 0.5) is 0 Å². The van der Waals surface area contributed by atoms with Gasteiger partial charge in [-0.1, -0.05) is 258 Å². The van der Waals surface area contributed by atoms with E-state index in [0.717, 1.165) is 77.5 Å². The van der Waals surface area contributed by atoms with Crippen LogP contribution in [0.5, 0.6) is 0 Å². The largest absolute Gasteiger partial charge is 0.459 e. The molecule has 2 aliphatic heterocycles. The van der Waals surface area contributed by atoms with Crippen molar-refractivity contribution >= 4 is 5.97 Å². The van der Waals surface area contributed by atoms with Crippen molar-refractivity contribution in [1.29, 1.82) is 0 Å². The van der Waals surface area contributed by atoms with E-state index in [0.29, 0.717) is 32.7 Å². The lowest BCUT2D eigenvalue weighted by atomic mass is 9.79. The van der Waals surface area contributed by atoms with Crippen LogP contribution in [0, 0.1) is 17.8 Å². The van der Waals surface area contributed by atoms with Gasteiger partial charge in [0.25, 0.3) is 0 Å². The van der Waals surface area contributed by atoms with Crippen molar-refractivity contribution in [2.24, 2.45) is 17.8 Å². The highest BCUT2D eigenvalue weighted by Gasteiger charge is 2.54. The van der Waals surface area contributed by atoms with Gasteiger partial charge in [0.1, 0.15) is 49.3 Å². The third kappa shape index (κ3) is 19.3. The lowest BCUT2D eigenvalue weighted by molar-refractivity contribution is -0.364. The highest BCUT2D eigenvalue weighted by atomic mass is 16.8. The van der Waals surface area contributed by atoms with E-state index in [2.05, 4.69) is 50.2 Å². The highest BCUT2D eigenvalue weighted by Crippen LogP contribution is 2.41. The summed E-state index contributed by atoms with van der Waals surface area (Å²) < 4.78 is 85.6. The molecule has 4 aliphatic rings. The summed E-state index contributed by atoms with van der Waals surface area (Å²) in [7, 11) is 0. The number of benzene rings is 7. The molecule has 0 unspecified atom stereocenters. The Bertz CT molecular complexity index is 3140. The van der Waals surface area contributed by atoms with Crippen LogP contribution in [-0.2, 0) is 108 Å². The van der Waals surface area contributed by atoms with Gasteiger partial charge in [-0.25, -0.2) is 4.79 Å². The summed E-state index contributed by atoms with van der Waals surface area (Å²) in [6, 6.07) is 70.5. The molecule has 91 heavy (non-hydrogen) atoms. The molecule has 13 nitrogen and oxygen atoms in total. The van der Waals surface area contributed by atoms with Crippen molar-refractivity contribution in [3.05, 3.63) is 251 Å². The molecule has 0 spiro atoms. The van der Waals surface area contributed by atoms with Crippen molar-refractivity contribution in [2.75, 3.05) is 6.61 Å². The number of carbonyl (C=O) groups excluding carboxylic acids is 1. The normalized spacial score (nSPS) is 27.4. The van der Waals surface area contributed by atoms with Gasteiger partial charge in [-0.3, -0.25) is 0 Å². The number of hydrogen-bond acceptors (Lipinski definition) is 13. The molecule has 0 radical (unpaired) electrons. The Labute approximate surface area is 538 Å². The van der Waals surface area contributed by atoms with E-state index in [1.54, 1.807) is 0 Å². The predicted molar refractivity (Wildman–Crippen MR) is 348 cm³/mol. The molecule has 11 rings (SSSR count). The van der Waals surface area contributed by atoms with Crippen LogP contribution in [0.3, 0.4) is 0 Å². The van der Waals surface area contributed by atoms with E-state index in [1.165, 1.54) is 0 Å². The zero-order chi connectivity index (χ0) is 62.4. The molecule has 2 saturated heterocycles. The van der Waals surface area contributed by atoms with Crippen molar-refractivity contribution in [2.45, 2.75) is 198 Å². The van der Waals surface area contributed by atoms with Crippen molar-refractivity contribution < 1.29 is 61.6 Å². The maximum absolute atomic E-state index is 15.0. The molecule has 2 heterocycles. The van der Waals surface area contributed by atoms with Gasteiger partial charge in [0, 0.05) is 0 Å². The molecule has 4 fully saturated rings. The fraction of sp³-hybridized carbons (Fsp3) is 0.449. The van der Waals surface area contributed by atoms with Gasteiger partial charge < -0.3 is 56.8 Å². The number of esters is 1. The van der Waals surface area contributed by atoms with Crippen LogP contribution < -0.4 is 0 Å². The van der Waals surface area contributed by atoms with Gasteiger partial charge in [-0.05, 0) is 82.9 Å². The fourth-order valence-electron chi connectivity index (χ4n) is 13.4. The topological polar surface area (TPSA) is 128 Å². The van der Waals surface area contributed by atoms with E-state index in [4.69, 9.17) is 56.8 Å². The van der Waals surface area contributed by atoms with Crippen molar-refractivity contribution in [3.8, 4) is 0 Å². The second kappa shape index (κ2) is 34.5. The maximum atomic E-state index is 15.0. The van der Waals surface area contributed by atoms with Gasteiger partial charge in [0.2, 0.25) is 0 Å². The SMILES string of the molecule is C[C@@H]1C[C@H](C)[C@@H](O[C@@H]2O[C@@H](C)[C@@H](OCc3ccccc3)[C@@H](OCc3ccccc3)[C@@H]2OCc2ccccc2)[C@H](O[C@@H]2O[C@H](COCc3ccccc3)[C@H](OCc3ccccc3)[C@H](O[C@@H](CC3CCCCC3)C(=O)OCc3ccccc3)[C@H]2OCc2ccccc2)C1. The molecule has 7 aromatic carbocycles. The molecular weight excluding hydrogens is 1140 g/mol. The molecule has 2 aliphatic carbocycles. The summed E-state index contributed by atoms with van der Waals surface area (Å²) in [5.41, 5.74) is 6.85. The van der Waals surface area contributed by atoms with Gasteiger partial charge >= 0.3 is 5.97 Å². The molecule has 2 saturated carbocycles. The van der Waals surface area contributed by atoms with Crippen molar-refractivity contribution in [3.63, 3.8) is 0 Å². The van der Waals surface area contributed by atoms with E-state index < -0.39 is 85.7 Å². The van der Waals surface area contributed by atoms with E-state index in [1.807, 2.05) is 183 Å². The van der Waals surface area contributed by atoms with Gasteiger partial charge in [0.05, 0.1) is 64.6 Å². The highest BCUT2D eigenvalue weighted by molar-refractivity contribution is 5.74. The summed E-state index contributed by atoms with van der Waals surface area (Å²) in [5.74, 6) is 0.0182. The Morgan fingerprint density at radius 2 is 0.824 bits per heavy atom. The minimum Gasteiger partial charge on any atom is -0.459 e. The van der Waals surface area contributed by atoms with Crippen LogP contribution in [0.2, 0.25) is 0 Å². The minimum atomic E-state index is -1.09. The molecule has 15 atom stereocenters. The lowest BCUT2D eigenvalue weighted by Crippen LogP contribution is -2.64. The summed E-state index contributed by atoms with van der Waals surface area (Å²) in [4.78, 5) is 15.0. The Balaban J connectivity index is 0.956. The molecule has 0 aromatic heterocycles. The standard InChI is InChI=1S/C78H92O13/c1-55-44-56(2)69(91-77-74(84-51-63-38-22-9-23-39-63)72(83-50-62-36-20-8-21-37-62)70(57(3)87-77)81-48-60-32-16-6-17-33-60)66(45-55)89-78-75(85-52-64-40-24-10-25-41-64)73(88-67(46-58-28-12-4-13-29-58)76(79)86-53-65-42-26-11-27-43-65)71(82-49-61-34-18-7-19-35-61)68(90-78)54-80-47-59-30-14-5-15-31-59/h5-11,14-27,30-43,55-58,66-75,77-78H,4,12-13,28-29,44-54H2,1-3H3/t55-,56+,57+,66-,67+,68-,69-,70-,71+,72-,73+,74+,75-,77+,78-/m1/s1. The first-order valence-electron chi connectivity index (χ1n) is 33.1. The average molecular weight is 1240 g/mol. The Hall–Kier alpha value is -6.43. The summed E-state index contributed by atoms with van der Waals surface area (Å²) in [6.07, 6.45) is -2.72. The first-order valence-corrected chi connectivity index (χ1v) is 33.1. The number of ether oxygens (including phenoxy) is 12. The molecule has 482 valence electrons. The van der Waals surface area contributed by atoms with E-state index in [9.17, 15) is 0 Å². The second-order valence-electron chi connectivity index (χ2n) is 25.3. The first-order chi connectivity index (χ1) is 44.8. The van der Waals surface area contributed by atoms with Crippen LogP contribution in [0.25, 0.3) is 0 Å². The molecule has 0 bridgehead atoms. The van der Waals surface area contributed by atoms with Crippen molar-refractivity contribution in [1.82, 2.24) is 0 Å². The third-order valence-corrected chi connectivity index (χ3v) is 18.2.